The number of carbonyl (C=O) groups excluding carboxylic acids is 2. The minimum Gasteiger partial charge on any atom is -0.437 e. The second-order valence-electron chi connectivity index (χ2n) is 9.55. The van der Waals surface area contributed by atoms with Gasteiger partial charge in [0.2, 0.25) is 5.91 Å². The van der Waals surface area contributed by atoms with Gasteiger partial charge in [-0.05, 0) is 62.3 Å². The number of carbonyl (C=O) groups is 2. The number of likely N-dealkylation sites (tertiary alicyclic amines) is 2. The molecule has 182 valence electrons. The van der Waals surface area contributed by atoms with Gasteiger partial charge < -0.3 is 14.5 Å². The topological polar surface area (TPSA) is 53.1 Å². The molecular weight excluding hydrogens is 435 g/mol. The molecule has 0 aliphatic carbocycles. The van der Waals surface area contributed by atoms with Gasteiger partial charge in [-0.3, -0.25) is 9.69 Å². The number of nitrogens with zero attached hydrogens (tertiary/aromatic N) is 3. The van der Waals surface area contributed by atoms with E-state index in [0.29, 0.717) is 19.6 Å². The van der Waals surface area contributed by atoms with Crippen LogP contribution in [0.15, 0.2) is 18.2 Å². The largest absolute Gasteiger partial charge is 0.437 e. The quantitative estimate of drug-likeness (QED) is 0.672. The first-order chi connectivity index (χ1) is 15.6. The number of benzene rings is 1. The van der Waals surface area contributed by atoms with E-state index in [0.717, 1.165) is 58.7 Å². The van der Waals surface area contributed by atoms with Crippen LogP contribution in [-0.4, -0.2) is 70.7 Å². The van der Waals surface area contributed by atoms with Gasteiger partial charge in [0.05, 0.1) is 0 Å². The number of hydrogen-bond donors (Lipinski definition) is 0. The molecule has 2 amide bonds. The Bertz CT molecular complexity index is 897. The molecule has 1 aromatic rings. The Labute approximate surface area is 192 Å². The Balaban J connectivity index is 1.42. The van der Waals surface area contributed by atoms with Crippen LogP contribution in [0.25, 0.3) is 0 Å². The molecule has 0 N–H and O–H groups in total. The van der Waals surface area contributed by atoms with E-state index in [4.69, 9.17) is 0 Å². The summed E-state index contributed by atoms with van der Waals surface area (Å²) >= 11 is 0. The molecule has 9 heteroatoms. The first-order valence-corrected chi connectivity index (χ1v) is 11.7. The second-order valence-corrected chi connectivity index (χ2v) is 9.55. The zero-order valence-electron chi connectivity index (χ0n) is 19.3. The smallest absolute Gasteiger partial charge is 0.425 e. The first kappa shape index (κ1) is 23.9. The highest BCUT2D eigenvalue weighted by atomic mass is 19.4. The van der Waals surface area contributed by atoms with Gasteiger partial charge in [-0.25, -0.2) is 4.79 Å². The third-order valence-corrected chi connectivity index (χ3v) is 7.61. The predicted octanol–water partition coefficient (Wildman–Crippen LogP) is 4.11. The van der Waals surface area contributed by atoms with Crippen molar-refractivity contribution in [2.24, 2.45) is 0 Å². The Hall–Kier alpha value is -2.29. The van der Waals surface area contributed by atoms with E-state index in [1.54, 1.807) is 6.92 Å². The molecule has 6 nitrogen and oxygen atoms in total. The summed E-state index contributed by atoms with van der Waals surface area (Å²) in [5.41, 5.74) is 3.72. The van der Waals surface area contributed by atoms with Crippen molar-refractivity contribution in [3.8, 4) is 0 Å². The van der Waals surface area contributed by atoms with Crippen molar-refractivity contribution in [3.63, 3.8) is 0 Å². The Morgan fingerprint density at radius 1 is 1.09 bits per heavy atom. The van der Waals surface area contributed by atoms with Crippen LogP contribution in [0.2, 0.25) is 0 Å². The third kappa shape index (κ3) is 4.98. The number of fused-ring (bicyclic) bond motifs is 1. The van der Waals surface area contributed by atoms with Gasteiger partial charge in [0, 0.05) is 45.2 Å². The Kier molecular flexibility index (Phi) is 6.62. The molecule has 3 aliphatic rings. The van der Waals surface area contributed by atoms with Crippen molar-refractivity contribution in [1.82, 2.24) is 14.7 Å². The van der Waals surface area contributed by atoms with Crippen LogP contribution in [-0.2, 0) is 29.0 Å². The van der Waals surface area contributed by atoms with Crippen LogP contribution in [0.3, 0.4) is 0 Å². The maximum atomic E-state index is 12.7. The molecule has 3 aliphatic heterocycles. The highest BCUT2D eigenvalue weighted by Crippen LogP contribution is 2.40. The van der Waals surface area contributed by atoms with Crippen molar-refractivity contribution < 1.29 is 27.5 Å². The highest BCUT2D eigenvalue weighted by molar-refractivity contribution is 5.73. The molecule has 0 bridgehead atoms. The average molecular weight is 468 g/mol. The monoisotopic (exact) mass is 467 g/mol. The van der Waals surface area contributed by atoms with Crippen LogP contribution in [0.5, 0.6) is 0 Å². The summed E-state index contributed by atoms with van der Waals surface area (Å²) in [5.74, 6) is 0.0900. The van der Waals surface area contributed by atoms with Gasteiger partial charge >= 0.3 is 12.3 Å². The molecule has 4 rings (SSSR count). The lowest BCUT2D eigenvalue weighted by Crippen LogP contribution is -2.53. The number of halogens is 3. The third-order valence-electron chi connectivity index (χ3n) is 7.61. The van der Waals surface area contributed by atoms with Crippen LogP contribution in [0.4, 0.5) is 18.0 Å². The SMILES string of the molecule is CC(=O)N1CCc2cccc(CN3CCCC34CCN(C(=O)OC(C)C(F)(F)F)CC4)c2C1. The fourth-order valence-electron chi connectivity index (χ4n) is 5.48. The Morgan fingerprint density at radius 3 is 2.48 bits per heavy atom. The number of alkyl halides is 3. The van der Waals surface area contributed by atoms with Gasteiger partial charge in [0.1, 0.15) is 0 Å². The number of rotatable bonds is 3. The number of amides is 2. The lowest BCUT2D eigenvalue weighted by Gasteiger charge is -2.45. The van der Waals surface area contributed by atoms with Crippen LogP contribution in [0, 0.1) is 0 Å². The van der Waals surface area contributed by atoms with Gasteiger partial charge in [-0.2, -0.15) is 13.2 Å². The van der Waals surface area contributed by atoms with Crippen LogP contribution in [0.1, 0.15) is 56.2 Å². The lowest BCUT2D eigenvalue weighted by molar-refractivity contribution is -0.200. The first-order valence-electron chi connectivity index (χ1n) is 11.7. The zero-order chi connectivity index (χ0) is 23.8. The van der Waals surface area contributed by atoms with E-state index < -0.39 is 18.4 Å². The summed E-state index contributed by atoms with van der Waals surface area (Å²) in [6.07, 6.45) is -3.17. The van der Waals surface area contributed by atoms with E-state index in [1.165, 1.54) is 21.6 Å². The molecule has 1 unspecified atom stereocenters. The fourth-order valence-corrected chi connectivity index (χ4v) is 5.48. The zero-order valence-corrected chi connectivity index (χ0v) is 19.3. The summed E-state index contributed by atoms with van der Waals surface area (Å²) in [6, 6.07) is 6.36. The molecule has 2 fully saturated rings. The van der Waals surface area contributed by atoms with Crippen molar-refractivity contribution in [3.05, 3.63) is 34.9 Å². The van der Waals surface area contributed by atoms with Crippen molar-refractivity contribution in [2.75, 3.05) is 26.2 Å². The Morgan fingerprint density at radius 2 is 1.82 bits per heavy atom. The number of piperidine rings is 1. The van der Waals surface area contributed by atoms with E-state index in [2.05, 4.69) is 27.8 Å². The predicted molar refractivity (Wildman–Crippen MR) is 116 cm³/mol. The highest BCUT2D eigenvalue weighted by Gasteiger charge is 2.45. The average Bonchev–Trinajstić information content (AvgIpc) is 3.14. The summed E-state index contributed by atoms with van der Waals surface area (Å²) in [6.45, 7) is 6.38. The van der Waals surface area contributed by atoms with Gasteiger partial charge in [-0.15, -0.1) is 0 Å². The van der Waals surface area contributed by atoms with Crippen LogP contribution < -0.4 is 0 Å². The second kappa shape index (κ2) is 9.16. The molecule has 3 heterocycles. The molecule has 0 radical (unpaired) electrons. The summed E-state index contributed by atoms with van der Waals surface area (Å²) in [4.78, 5) is 29.9. The molecule has 0 aromatic heterocycles. The van der Waals surface area contributed by atoms with E-state index in [-0.39, 0.29) is 11.4 Å². The molecule has 33 heavy (non-hydrogen) atoms. The summed E-state index contributed by atoms with van der Waals surface area (Å²) < 4.78 is 42.9. The fraction of sp³-hybridized carbons (Fsp3) is 0.667. The van der Waals surface area contributed by atoms with E-state index in [9.17, 15) is 22.8 Å². The van der Waals surface area contributed by atoms with Crippen molar-refractivity contribution >= 4 is 12.0 Å². The van der Waals surface area contributed by atoms with Gasteiger partial charge in [0.15, 0.2) is 6.10 Å². The van der Waals surface area contributed by atoms with E-state index >= 15 is 0 Å². The molecule has 1 aromatic carbocycles. The molecular formula is C24H32F3N3O3. The number of hydrogen-bond acceptors (Lipinski definition) is 4. The normalized spacial score (nSPS) is 21.7. The van der Waals surface area contributed by atoms with Crippen LogP contribution >= 0.6 is 0 Å². The van der Waals surface area contributed by atoms with Gasteiger partial charge in [-0.1, -0.05) is 18.2 Å². The maximum absolute atomic E-state index is 12.7. The standard InChI is InChI=1S/C24H32F3N3O3/c1-17(24(25,26)27)33-22(32)28-13-9-23(10-14-28)8-4-11-30(23)15-20-6-3-5-19-7-12-29(18(2)31)16-21(19)20/h3,5-6,17H,4,7-16H2,1-2H3. The summed E-state index contributed by atoms with van der Waals surface area (Å²) in [5, 5.41) is 0. The minimum atomic E-state index is -4.55. The van der Waals surface area contributed by atoms with Gasteiger partial charge in [0.25, 0.3) is 0 Å². The van der Waals surface area contributed by atoms with Crippen molar-refractivity contribution in [2.45, 2.75) is 76.9 Å². The number of ether oxygens (including phenoxy) is 1. The maximum Gasteiger partial charge on any atom is 0.425 e. The molecule has 1 atom stereocenters. The molecule has 0 saturated carbocycles. The lowest BCUT2D eigenvalue weighted by atomic mass is 9.84. The minimum absolute atomic E-state index is 0.0515. The van der Waals surface area contributed by atoms with Crippen molar-refractivity contribution in [1.29, 1.82) is 0 Å². The summed E-state index contributed by atoms with van der Waals surface area (Å²) in [7, 11) is 0. The molecule has 2 saturated heterocycles. The molecule has 1 spiro atoms. The van der Waals surface area contributed by atoms with E-state index in [1.807, 2.05) is 4.90 Å².